The zero-order valence-corrected chi connectivity index (χ0v) is 19.8. The molecule has 0 bridgehead atoms. The first kappa shape index (κ1) is 23.4. The molecule has 0 aliphatic carbocycles. The maximum absolute atomic E-state index is 13.4. The van der Waals surface area contributed by atoms with Crippen molar-refractivity contribution < 1.29 is 17.9 Å². The van der Waals surface area contributed by atoms with Gasteiger partial charge in [0, 0.05) is 23.7 Å². The first-order valence-corrected chi connectivity index (χ1v) is 12.5. The van der Waals surface area contributed by atoms with Gasteiger partial charge in [0.15, 0.2) is 0 Å². The Morgan fingerprint density at radius 1 is 0.970 bits per heavy atom. The van der Waals surface area contributed by atoms with Crippen LogP contribution in [0.1, 0.15) is 33.1 Å². The molecule has 172 valence electrons. The molecular weight excluding hydrogens is 460 g/mol. The number of nitrogens with zero attached hydrogens (tertiary/aromatic N) is 1. The van der Waals surface area contributed by atoms with Crippen LogP contribution in [0.4, 0.5) is 0 Å². The molecule has 1 heterocycles. The van der Waals surface area contributed by atoms with E-state index in [0.717, 1.165) is 11.1 Å². The number of rotatable bonds is 6. The van der Waals surface area contributed by atoms with Crippen molar-refractivity contribution in [1.29, 1.82) is 0 Å². The summed E-state index contributed by atoms with van der Waals surface area (Å²) in [5, 5.41) is 3.68. The minimum absolute atomic E-state index is 0.0999. The molecule has 0 radical (unpaired) electrons. The second-order valence-electron chi connectivity index (χ2n) is 7.86. The van der Waals surface area contributed by atoms with Gasteiger partial charge in [-0.05, 0) is 47.9 Å². The number of sulfonamides is 1. The topological polar surface area (TPSA) is 75.7 Å². The fourth-order valence-corrected chi connectivity index (χ4v) is 5.37. The van der Waals surface area contributed by atoms with Gasteiger partial charge in [-0.25, -0.2) is 8.42 Å². The van der Waals surface area contributed by atoms with Crippen molar-refractivity contribution in [2.24, 2.45) is 0 Å². The highest BCUT2D eigenvalue weighted by Crippen LogP contribution is 2.26. The van der Waals surface area contributed by atoms with E-state index in [1.54, 1.807) is 31.2 Å². The predicted octanol–water partition coefficient (Wildman–Crippen LogP) is 4.19. The SMILES string of the molecule is Cc1ccc(S(=O)(=O)N2CCOCC2)cc1C(=O)NC(c1ccccc1)c1ccc(Cl)cc1. The summed E-state index contributed by atoms with van der Waals surface area (Å²) in [5.74, 6) is -0.352. The van der Waals surface area contributed by atoms with Gasteiger partial charge in [-0.3, -0.25) is 4.79 Å². The van der Waals surface area contributed by atoms with Gasteiger partial charge in [-0.1, -0.05) is 60.1 Å². The van der Waals surface area contributed by atoms with Gasteiger partial charge >= 0.3 is 0 Å². The molecule has 0 aromatic heterocycles. The molecule has 3 aromatic rings. The Hall–Kier alpha value is -2.71. The minimum atomic E-state index is -3.71. The van der Waals surface area contributed by atoms with E-state index in [4.69, 9.17) is 16.3 Å². The highest BCUT2D eigenvalue weighted by Gasteiger charge is 2.28. The molecule has 1 saturated heterocycles. The Morgan fingerprint density at radius 3 is 2.27 bits per heavy atom. The van der Waals surface area contributed by atoms with Crippen molar-refractivity contribution >= 4 is 27.5 Å². The summed E-state index contributed by atoms with van der Waals surface area (Å²) < 4.78 is 32.9. The lowest BCUT2D eigenvalue weighted by Crippen LogP contribution is -2.40. The predicted molar refractivity (Wildman–Crippen MR) is 128 cm³/mol. The fourth-order valence-electron chi connectivity index (χ4n) is 3.81. The summed E-state index contributed by atoms with van der Waals surface area (Å²) in [6, 6.07) is 21.1. The first-order valence-electron chi connectivity index (χ1n) is 10.7. The van der Waals surface area contributed by atoms with E-state index in [-0.39, 0.29) is 10.8 Å². The quantitative estimate of drug-likeness (QED) is 0.569. The number of amides is 1. The zero-order chi connectivity index (χ0) is 23.4. The fraction of sp³-hybridized carbons (Fsp3) is 0.240. The third-order valence-corrected chi connectivity index (χ3v) is 7.82. The highest BCUT2D eigenvalue weighted by molar-refractivity contribution is 7.89. The smallest absolute Gasteiger partial charge is 0.252 e. The van der Waals surface area contributed by atoms with Crippen LogP contribution in [0.3, 0.4) is 0 Å². The Balaban J connectivity index is 1.66. The van der Waals surface area contributed by atoms with Crippen molar-refractivity contribution in [3.05, 3.63) is 100 Å². The second kappa shape index (κ2) is 10.1. The standard InChI is InChI=1S/C25H25ClN2O4S/c1-18-7-12-22(33(30,31)28-13-15-32-16-14-28)17-23(18)25(29)27-24(19-5-3-2-4-6-19)20-8-10-21(26)11-9-20/h2-12,17,24H,13-16H2,1H3,(H,27,29). The number of aryl methyl sites for hydroxylation is 1. The van der Waals surface area contributed by atoms with Crippen LogP contribution >= 0.6 is 11.6 Å². The van der Waals surface area contributed by atoms with Crippen molar-refractivity contribution in [3.8, 4) is 0 Å². The molecule has 1 fully saturated rings. The summed E-state index contributed by atoms with van der Waals surface area (Å²) >= 11 is 6.05. The lowest BCUT2D eigenvalue weighted by molar-refractivity contribution is 0.0730. The molecule has 6 nitrogen and oxygen atoms in total. The number of carbonyl (C=O) groups is 1. The molecular formula is C25H25ClN2O4S. The summed E-state index contributed by atoms with van der Waals surface area (Å²) in [4.78, 5) is 13.5. The second-order valence-corrected chi connectivity index (χ2v) is 10.2. The molecule has 33 heavy (non-hydrogen) atoms. The average molecular weight is 485 g/mol. The molecule has 0 spiro atoms. The Labute approximate surface area is 199 Å². The van der Waals surface area contributed by atoms with Crippen molar-refractivity contribution in [1.82, 2.24) is 9.62 Å². The summed E-state index contributed by atoms with van der Waals surface area (Å²) in [6.45, 7) is 3.10. The molecule has 1 aliphatic rings. The lowest BCUT2D eigenvalue weighted by atomic mass is 9.98. The van der Waals surface area contributed by atoms with Gasteiger partial charge in [0.05, 0.1) is 24.2 Å². The van der Waals surface area contributed by atoms with Crippen LogP contribution in [0.15, 0.2) is 77.7 Å². The van der Waals surface area contributed by atoms with Gasteiger partial charge in [-0.15, -0.1) is 0 Å². The van der Waals surface area contributed by atoms with Crippen molar-refractivity contribution in [2.45, 2.75) is 17.9 Å². The number of benzene rings is 3. The van der Waals surface area contributed by atoms with Crippen LogP contribution in [0.5, 0.6) is 0 Å². The first-order chi connectivity index (χ1) is 15.9. The van der Waals surface area contributed by atoms with E-state index in [0.29, 0.717) is 42.5 Å². The van der Waals surface area contributed by atoms with Gasteiger partial charge in [0.1, 0.15) is 0 Å². The van der Waals surface area contributed by atoms with Gasteiger partial charge in [0.2, 0.25) is 10.0 Å². The molecule has 1 atom stereocenters. The van der Waals surface area contributed by atoms with E-state index >= 15 is 0 Å². The number of hydrogen-bond donors (Lipinski definition) is 1. The number of carbonyl (C=O) groups excluding carboxylic acids is 1. The van der Waals surface area contributed by atoms with Crippen LogP contribution in [0.2, 0.25) is 5.02 Å². The summed E-state index contributed by atoms with van der Waals surface area (Å²) in [7, 11) is -3.71. The molecule has 1 unspecified atom stereocenters. The maximum Gasteiger partial charge on any atom is 0.252 e. The van der Waals surface area contributed by atoms with Crippen molar-refractivity contribution in [3.63, 3.8) is 0 Å². The number of halogens is 1. The lowest BCUT2D eigenvalue weighted by Gasteiger charge is -2.26. The van der Waals surface area contributed by atoms with Crippen LogP contribution in [-0.4, -0.2) is 44.9 Å². The average Bonchev–Trinajstić information content (AvgIpc) is 2.84. The minimum Gasteiger partial charge on any atom is -0.379 e. The van der Waals surface area contributed by atoms with E-state index in [9.17, 15) is 13.2 Å². The maximum atomic E-state index is 13.4. The molecule has 8 heteroatoms. The molecule has 0 saturated carbocycles. The van der Waals surface area contributed by atoms with E-state index in [1.165, 1.54) is 10.4 Å². The number of ether oxygens (including phenoxy) is 1. The number of hydrogen-bond acceptors (Lipinski definition) is 4. The third-order valence-electron chi connectivity index (χ3n) is 5.67. The summed E-state index contributed by atoms with van der Waals surface area (Å²) in [6.07, 6.45) is 0. The molecule has 1 N–H and O–H groups in total. The molecule has 4 rings (SSSR count). The van der Waals surface area contributed by atoms with Crippen LogP contribution in [-0.2, 0) is 14.8 Å². The summed E-state index contributed by atoms with van der Waals surface area (Å²) in [5.41, 5.74) is 2.78. The van der Waals surface area contributed by atoms with Gasteiger partial charge < -0.3 is 10.1 Å². The zero-order valence-electron chi connectivity index (χ0n) is 18.2. The Morgan fingerprint density at radius 2 is 1.61 bits per heavy atom. The Kier molecular flexibility index (Phi) is 7.14. The Bertz CT molecular complexity index is 1230. The number of morpholine rings is 1. The van der Waals surface area contributed by atoms with E-state index in [1.807, 2.05) is 42.5 Å². The van der Waals surface area contributed by atoms with Crippen molar-refractivity contribution in [2.75, 3.05) is 26.3 Å². The van der Waals surface area contributed by atoms with E-state index in [2.05, 4.69) is 5.32 Å². The highest BCUT2D eigenvalue weighted by atomic mass is 35.5. The molecule has 1 amide bonds. The van der Waals surface area contributed by atoms with Gasteiger partial charge in [-0.2, -0.15) is 4.31 Å². The number of nitrogens with one attached hydrogen (secondary N) is 1. The largest absolute Gasteiger partial charge is 0.379 e. The monoisotopic (exact) mass is 484 g/mol. The molecule has 1 aliphatic heterocycles. The van der Waals surface area contributed by atoms with Crippen LogP contribution in [0.25, 0.3) is 0 Å². The van der Waals surface area contributed by atoms with Gasteiger partial charge in [0.25, 0.3) is 5.91 Å². The van der Waals surface area contributed by atoms with Crippen LogP contribution < -0.4 is 5.32 Å². The van der Waals surface area contributed by atoms with E-state index < -0.39 is 16.1 Å². The van der Waals surface area contributed by atoms with Crippen LogP contribution in [0, 0.1) is 6.92 Å². The molecule has 3 aromatic carbocycles. The normalized spacial score (nSPS) is 15.7. The third kappa shape index (κ3) is 5.28.